The molecule has 5 heteroatoms. The maximum absolute atomic E-state index is 12.5. The third-order valence-electron chi connectivity index (χ3n) is 3.28. The van der Waals surface area contributed by atoms with Crippen LogP contribution in [0, 0.1) is 0 Å². The van der Waals surface area contributed by atoms with Crippen molar-refractivity contribution >= 4 is 41.5 Å². The zero-order valence-electron chi connectivity index (χ0n) is 10.1. The lowest BCUT2D eigenvalue weighted by molar-refractivity contribution is 0.0736. The van der Waals surface area contributed by atoms with Gasteiger partial charge in [0.2, 0.25) is 0 Å². The Balaban J connectivity index is 1.87. The van der Waals surface area contributed by atoms with Gasteiger partial charge in [-0.3, -0.25) is 4.79 Å². The highest BCUT2D eigenvalue weighted by molar-refractivity contribution is 7.80. The van der Waals surface area contributed by atoms with Crippen molar-refractivity contribution in [1.82, 2.24) is 4.90 Å². The molecule has 98 valence electrons. The Bertz CT molecular complexity index is 638. The van der Waals surface area contributed by atoms with Gasteiger partial charge in [-0.15, -0.1) is 24.0 Å². The fourth-order valence-electron chi connectivity index (χ4n) is 2.27. The standard InChI is InChI=1S/C14H12ClNOS2/c15-12-2-1-10(18)7-11(12)14(17)16-5-3-13-9(8-16)4-6-19-13/h1-2,4,6-7,18H,3,5,8H2. The summed E-state index contributed by atoms with van der Waals surface area (Å²) in [5.41, 5.74) is 1.79. The van der Waals surface area contributed by atoms with Crippen LogP contribution in [0.1, 0.15) is 20.8 Å². The van der Waals surface area contributed by atoms with E-state index in [2.05, 4.69) is 24.1 Å². The van der Waals surface area contributed by atoms with Gasteiger partial charge >= 0.3 is 0 Å². The average molecular weight is 310 g/mol. The van der Waals surface area contributed by atoms with Crippen molar-refractivity contribution in [3.8, 4) is 0 Å². The molecule has 2 heterocycles. The van der Waals surface area contributed by atoms with E-state index in [-0.39, 0.29) is 5.91 Å². The molecule has 1 aliphatic heterocycles. The maximum atomic E-state index is 12.5. The first-order chi connectivity index (χ1) is 9.15. The van der Waals surface area contributed by atoms with E-state index >= 15 is 0 Å². The van der Waals surface area contributed by atoms with Gasteiger partial charge in [-0.2, -0.15) is 0 Å². The highest BCUT2D eigenvalue weighted by Gasteiger charge is 2.23. The van der Waals surface area contributed by atoms with Crippen molar-refractivity contribution in [3.63, 3.8) is 0 Å². The summed E-state index contributed by atoms with van der Waals surface area (Å²) in [7, 11) is 0. The Labute approximate surface area is 126 Å². The van der Waals surface area contributed by atoms with Crippen molar-refractivity contribution in [2.45, 2.75) is 17.9 Å². The number of nitrogens with zero attached hydrogens (tertiary/aromatic N) is 1. The SMILES string of the molecule is O=C(c1cc(S)ccc1Cl)N1CCc2sccc2C1. The smallest absolute Gasteiger partial charge is 0.255 e. The fourth-order valence-corrected chi connectivity index (χ4v) is 3.56. The molecule has 1 aromatic carbocycles. The number of hydrogen-bond acceptors (Lipinski definition) is 3. The first-order valence-electron chi connectivity index (χ1n) is 5.98. The van der Waals surface area contributed by atoms with Crippen LogP contribution >= 0.6 is 35.6 Å². The molecule has 0 saturated heterocycles. The second-order valence-corrected chi connectivity index (χ2v) is 6.43. The minimum absolute atomic E-state index is 0.0160. The van der Waals surface area contributed by atoms with E-state index in [1.807, 2.05) is 4.90 Å². The Kier molecular flexibility index (Phi) is 3.56. The lowest BCUT2D eigenvalue weighted by atomic mass is 10.1. The van der Waals surface area contributed by atoms with Crippen molar-refractivity contribution in [2.75, 3.05) is 6.54 Å². The van der Waals surface area contributed by atoms with Crippen molar-refractivity contribution in [1.29, 1.82) is 0 Å². The Morgan fingerprint density at radius 3 is 3.05 bits per heavy atom. The van der Waals surface area contributed by atoms with Gasteiger partial charge in [-0.05, 0) is 41.6 Å². The molecule has 3 rings (SSSR count). The van der Waals surface area contributed by atoms with Gasteiger partial charge in [0.25, 0.3) is 5.91 Å². The van der Waals surface area contributed by atoms with Gasteiger partial charge < -0.3 is 4.90 Å². The van der Waals surface area contributed by atoms with Gasteiger partial charge in [0.1, 0.15) is 0 Å². The van der Waals surface area contributed by atoms with Crippen LogP contribution in [0.25, 0.3) is 0 Å². The number of benzene rings is 1. The zero-order chi connectivity index (χ0) is 13.4. The van der Waals surface area contributed by atoms with E-state index in [1.165, 1.54) is 10.4 Å². The molecule has 2 aromatic rings. The van der Waals surface area contributed by atoms with Crippen molar-refractivity contribution in [3.05, 3.63) is 50.7 Å². The topological polar surface area (TPSA) is 20.3 Å². The van der Waals surface area contributed by atoms with Gasteiger partial charge in [0.05, 0.1) is 10.6 Å². The molecule has 1 amide bonds. The number of thiophene rings is 1. The van der Waals surface area contributed by atoms with Gasteiger partial charge in [-0.25, -0.2) is 0 Å². The first kappa shape index (κ1) is 13.0. The van der Waals surface area contributed by atoms with E-state index in [9.17, 15) is 4.79 Å². The van der Waals surface area contributed by atoms with E-state index in [1.54, 1.807) is 29.5 Å². The normalized spacial score (nSPS) is 14.3. The molecule has 0 N–H and O–H groups in total. The highest BCUT2D eigenvalue weighted by atomic mass is 35.5. The van der Waals surface area contributed by atoms with E-state index < -0.39 is 0 Å². The molecule has 19 heavy (non-hydrogen) atoms. The molecular formula is C14H12ClNOS2. The van der Waals surface area contributed by atoms with E-state index in [4.69, 9.17) is 11.6 Å². The number of carbonyl (C=O) groups excluding carboxylic acids is 1. The third-order valence-corrected chi connectivity index (χ3v) is 4.91. The van der Waals surface area contributed by atoms with Crippen molar-refractivity contribution < 1.29 is 4.79 Å². The number of hydrogen-bond donors (Lipinski definition) is 1. The van der Waals surface area contributed by atoms with Crippen LogP contribution in [-0.4, -0.2) is 17.4 Å². The van der Waals surface area contributed by atoms with Crippen LogP contribution in [-0.2, 0) is 13.0 Å². The molecule has 0 atom stereocenters. The Morgan fingerprint density at radius 2 is 2.21 bits per heavy atom. The van der Waals surface area contributed by atoms with Gasteiger partial charge in [-0.1, -0.05) is 11.6 Å². The predicted molar refractivity (Wildman–Crippen MR) is 81.5 cm³/mol. The second-order valence-electron chi connectivity index (χ2n) is 4.51. The summed E-state index contributed by atoms with van der Waals surface area (Å²) in [6.45, 7) is 1.42. The number of carbonyl (C=O) groups is 1. The zero-order valence-corrected chi connectivity index (χ0v) is 12.6. The largest absolute Gasteiger partial charge is 0.334 e. The van der Waals surface area contributed by atoms with E-state index in [0.29, 0.717) is 17.1 Å². The number of thiol groups is 1. The number of amides is 1. The summed E-state index contributed by atoms with van der Waals surface area (Å²) in [4.78, 5) is 16.5. The van der Waals surface area contributed by atoms with Crippen LogP contribution < -0.4 is 0 Å². The van der Waals surface area contributed by atoms with Gasteiger partial charge in [0, 0.05) is 22.9 Å². The van der Waals surface area contributed by atoms with Crippen LogP contribution in [0.15, 0.2) is 34.5 Å². The third kappa shape index (κ3) is 2.53. The summed E-state index contributed by atoms with van der Waals surface area (Å²) in [6.07, 6.45) is 0.928. The molecule has 2 nitrogen and oxygen atoms in total. The molecule has 0 spiro atoms. The Hall–Kier alpha value is -0.970. The van der Waals surface area contributed by atoms with E-state index in [0.717, 1.165) is 17.9 Å². The van der Waals surface area contributed by atoms with Crippen LogP contribution in [0.2, 0.25) is 5.02 Å². The molecular weight excluding hydrogens is 298 g/mol. The number of fused-ring (bicyclic) bond motifs is 1. The second kappa shape index (κ2) is 5.19. The maximum Gasteiger partial charge on any atom is 0.255 e. The monoisotopic (exact) mass is 309 g/mol. The molecule has 1 aromatic heterocycles. The summed E-state index contributed by atoms with van der Waals surface area (Å²) in [5.74, 6) is -0.0160. The molecule has 0 radical (unpaired) electrons. The summed E-state index contributed by atoms with van der Waals surface area (Å²) < 4.78 is 0. The van der Waals surface area contributed by atoms with Crippen LogP contribution in [0.3, 0.4) is 0 Å². The van der Waals surface area contributed by atoms with Crippen molar-refractivity contribution in [2.24, 2.45) is 0 Å². The van der Waals surface area contributed by atoms with Crippen LogP contribution in [0.5, 0.6) is 0 Å². The van der Waals surface area contributed by atoms with Gasteiger partial charge in [0.15, 0.2) is 0 Å². The molecule has 1 aliphatic rings. The summed E-state index contributed by atoms with van der Waals surface area (Å²) >= 11 is 12.1. The number of halogens is 1. The van der Waals surface area contributed by atoms with Crippen LogP contribution in [0.4, 0.5) is 0 Å². The molecule has 0 fully saturated rings. The quantitative estimate of drug-likeness (QED) is 0.792. The lowest BCUT2D eigenvalue weighted by Gasteiger charge is -2.27. The Morgan fingerprint density at radius 1 is 1.37 bits per heavy atom. The number of rotatable bonds is 1. The minimum Gasteiger partial charge on any atom is -0.334 e. The highest BCUT2D eigenvalue weighted by Crippen LogP contribution is 2.27. The molecule has 0 unspecified atom stereocenters. The minimum atomic E-state index is -0.0160. The lowest BCUT2D eigenvalue weighted by Crippen LogP contribution is -2.35. The summed E-state index contributed by atoms with van der Waals surface area (Å²) in [5, 5.41) is 2.57. The molecule has 0 bridgehead atoms. The average Bonchev–Trinajstić information content (AvgIpc) is 2.88. The molecule has 0 saturated carbocycles. The first-order valence-corrected chi connectivity index (χ1v) is 7.68. The fraction of sp³-hybridized carbons (Fsp3) is 0.214. The molecule has 0 aliphatic carbocycles. The summed E-state index contributed by atoms with van der Waals surface area (Å²) in [6, 6.07) is 7.33. The predicted octanol–water partition coefficient (Wildman–Crippen LogP) is 3.89.